The second-order valence-electron chi connectivity index (χ2n) is 10.2. The van der Waals surface area contributed by atoms with Crippen LogP contribution < -0.4 is 0 Å². The molecule has 0 bridgehead atoms. The molecule has 0 aliphatic rings. The summed E-state index contributed by atoms with van der Waals surface area (Å²) < 4.78 is 5.24. The average molecular weight is 649 g/mol. The van der Waals surface area contributed by atoms with Crippen LogP contribution >= 0.6 is 54.5 Å². The van der Waals surface area contributed by atoms with Gasteiger partial charge in [0.15, 0.2) is 0 Å². The van der Waals surface area contributed by atoms with Crippen molar-refractivity contribution in [2.75, 3.05) is 0 Å². The summed E-state index contributed by atoms with van der Waals surface area (Å²) in [5.41, 5.74) is 5.69. The van der Waals surface area contributed by atoms with E-state index in [-0.39, 0.29) is 0 Å². The van der Waals surface area contributed by atoms with Gasteiger partial charge in [0, 0.05) is 31.3 Å². The van der Waals surface area contributed by atoms with Gasteiger partial charge in [-0.25, -0.2) is 0 Å². The molecule has 0 fully saturated rings. The number of rotatable bonds is 15. The summed E-state index contributed by atoms with van der Waals surface area (Å²) >= 11 is 11.6. The van der Waals surface area contributed by atoms with E-state index in [0.29, 0.717) is 0 Å². The first kappa shape index (κ1) is 28.3. The lowest BCUT2D eigenvalue weighted by molar-refractivity contribution is 0.607. The number of hydrogen-bond acceptors (Lipinski definition) is 2. The van der Waals surface area contributed by atoms with Crippen molar-refractivity contribution in [1.29, 1.82) is 0 Å². The molecule has 2 heterocycles. The van der Waals surface area contributed by atoms with Crippen molar-refractivity contribution < 1.29 is 0 Å². The van der Waals surface area contributed by atoms with Crippen molar-refractivity contribution in [2.45, 2.75) is 104 Å². The van der Waals surface area contributed by atoms with Gasteiger partial charge in [0.2, 0.25) is 0 Å². The number of thiophene rings is 2. The van der Waals surface area contributed by atoms with E-state index >= 15 is 0 Å². The number of benzene rings is 2. The highest BCUT2D eigenvalue weighted by Crippen LogP contribution is 2.50. The Morgan fingerprint density at radius 1 is 0.528 bits per heavy atom. The lowest BCUT2D eigenvalue weighted by Gasteiger charge is -2.07. The van der Waals surface area contributed by atoms with Crippen molar-refractivity contribution >= 4 is 74.7 Å². The molecule has 0 saturated heterocycles. The molecular weight excluding hydrogens is 608 g/mol. The van der Waals surface area contributed by atoms with E-state index in [1.165, 1.54) is 140 Å². The van der Waals surface area contributed by atoms with E-state index in [9.17, 15) is 0 Å². The molecule has 194 valence electrons. The Morgan fingerprint density at radius 3 is 1.33 bits per heavy atom. The molecule has 36 heavy (non-hydrogen) atoms. The Kier molecular flexibility index (Phi) is 11.4. The smallest absolute Gasteiger partial charge is 0.0790 e. The largest absolute Gasteiger partial charge is 0.128 e. The summed E-state index contributed by atoms with van der Waals surface area (Å²) in [6.45, 7) is 4.58. The SMILES string of the molecule is CCCCCCCCc1ccc2sc(Br)c(-c3c(Br)sc4ccc(CCCCCCCC)cc34)c2c1. The second-order valence-corrected chi connectivity index (χ2v) is 14.9. The molecule has 2 aromatic carbocycles. The number of aryl methyl sites for hydroxylation is 2. The molecule has 0 aliphatic carbocycles. The van der Waals surface area contributed by atoms with Gasteiger partial charge in [0.25, 0.3) is 0 Å². The minimum atomic E-state index is 1.18. The maximum absolute atomic E-state index is 3.96. The average Bonchev–Trinajstić information content (AvgIpc) is 3.37. The van der Waals surface area contributed by atoms with Crippen LogP contribution in [-0.2, 0) is 12.8 Å². The zero-order valence-corrected chi connectivity index (χ0v) is 26.7. The van der Waals surface area contributed by atoms with Crippen LogP contribution in [0.15, 0.2) is 44.0 Å². The normalized spacial score (nSPS) is 11.8. The Balaban J connectivity index is 1.55. The molecular formula is C32H40Br2S2. The number of unbranched alkanes of at least 4 members (excludes halogenated alkanes) is 10. The molecule has 0 N–H and O–H groups in total. The molecule has 0 aliphatic heterocycles. The highest BCUT2D eigenvalue weighted by molar-refractivity contribution is 9.11. The van der Waals surface area contributed by atoms with Gasteiger partial charge >= 0.3 is 0 Å². The molecule has 0 atom stereocenters. The zero-order valence-electron chi connectivity index (χ0n) is 21.9. The first-order valence-electron chi connectivity index (χ1n) is 14.0. The maximum atomic E-state index is 3.96. The molecule has 0 radical (unpaired) electrons. The first-order valence-corrected chi connectivity index (χ1v) is 17.3. The summed E-state index contributed by atoms with van der Waals surface area (Å²) in [6.07, 6.45) is 18.6. The van der Waals surface area contributed by atoms with Gasteiger partial charge in [-0.05, 0) is 92.9 Å². The third kappa shape index (κ3) is 7.24. The fourth-order valence-electron chi connectivity index (χ4n) is 5.23. The Bertz CT molecular complexity index is 1150. The highest BCUT2D eigenvalue weighted by Gasteiger charge is 2.20. The van der Waals surface area contributed by atoms with Gasteiger partial charge in [-0.15, -0.1) is 22.7 Å². The van der Waals surface area contributed by atoms with Gasteiger partial charge in [0.05, 0.1) is 7.57 Å². The van der Waals surface area contributed by atoms with Gasteiger partial charge < -0.3 is 0 Å². The van der Waals surface area contributed by atoms with Crippen LogP contribution in [0.5, 0.6) is 0 Å². The summed E-state index contributed by atoms with van der Waals surface area (Å²) in [5.74, 6) is 0. The molecule has 4 rings (SSSR count). The van der Waals surface area contributed by atoms with Crippen LogP contribution in [0.25, 0.3) is 31.3 Å². The molecule has 0 saturated carbocycles. The fraction of sp³-hybridized carbons (Fsp3) is 0.500. The summed E-state index contributed by atoms with van der Waals surface area (Å²) in [4.78, 5) is 0. The van der Waals surface area contributed by atoms with Crippen molar-refractivity contribution in [3.05, 3.63) is 55.1 Å². The Labute approximate surface area is 243 Å². The third-order valence-corrected chi connectivity index (χ3v) is 11.0. The third-order valence-electron chi connectivity index (χ3n) is 7.31. The molecule has 4 aromatic rings. The first-order chi connectivity index (χ1) is 17.6. The van der Waals surface area contributed by atoms with E-state index in [1.807, 2.05) is 22.7 Å². The van der Waals surface area contributed by atoms with Crippen molar-refractivity contribution in [1.82, 2.24) is 0 Å². The van der Waals surface area contributed by atoms with E-state index < -0.39 is 0 Å². The number of halogens is 2. The monoisotopic (exact) mass is 646 g/mol. The number of fused-ring (bicyclic) bond motifs is 2. The van der Waals surface area contributed by atoms with E-state index in [1.54, 1.807) is 0 Å². The summed E-state index contributed by atoms with van der Waals surface area (Å²) in [6, 6.07) is 14.3. The van der Waals surface area contributed by atoms with Gasteiger partial charge in [0.1, 0.15) is 0 Å². The standard InChI is InChI=1S/C32H40Br2S2/c1-3-5-7-9-11-13-15-23-17-19-27-25(21-23)29(31(33)35-27)30-26-22-24(16-14-12-10-8-6-4-2)18-20-28(26)36-32(30)34/h17-22H,3-16H2,1-2H3. The van der Waals surface area contributed by atoms with Crippen LogP contribution in [0.2, 0.25) is 0 Å². The van der Waals surface area contributed by atoms with Crippen LogP contribution in [0.1, 0.15) is 102 Å². The molecule has 2 aromatic heterocycles. The van der Waals surface area contributed by atoms with Crippen molar-refractivity contribution in [3.8, 4) is 11.1 Å². The van der Waals surface area contributed by atoms with Gasteiger partial charge in [-0.2, -0.15) is 0 Å². The van der Waals surface area contributed by atoms with Gasteiger partial charge in [-0.3, -0.25) is 0 Å². The van der Waals surface area contributed by atoms with Crippen LogP contribution in [-0.4, -0.2) is 0 Å². The Morgan fingerprint density at radius 2 is 0.917 bits per heavy atom. The van der Waals surface area contributed by atoms with Crippen LogP contribution in [0.4, 0.5) is 0 Å². The predicted octanol–water partition coefficient (Wildman–Crippen LogP) is 13.1. The van der Waals surface area contributed by atoms with Crippen LogP contribution in [0.3, 0.4) is 0 Å². The van der Waals surface area contributed by atoms with Crippen molar-refractivity contribution in [2.24, 2.45) is 0 Å². The second kappa shape index (κ2) is 14.5. The molecule has 0 nitrogen and oxygen atoms in total. The predicted molar refractivity (Wildman–Crippen MR) is 172 cm³/mol. The molecule has 0 amide bonds. The van der Waals surface area contributed by atoms with E-state index in [0.717, 1.165) is 0 Å². The van der Waals surface area contributed by atoms with E-state index in [4.69, 9.17) is 0 Å². The van der Waals surface area contributed by atoms with Gasteiger partial charge in [-0.1, -0.05) is 90.2 Å². The summed E-state index contributed by atoms with van der Waals surface area (Å²) in [7, 11) is 0. The lowest BCUT2D eigenvalue weighted by atomic mass is 9.98. The minimum absolute atomic E-state index is 1.18. The fourth-order valence-corrected chi connectivity index (χ4v) is 8.92. The zero-order chi connectivity index (χ0) is 25.3. The molecule has 4 heteroatoms. The maximum Gasteiger partial charge on any atom is 0.0790 e. The topological polar surface area (TPSA) is 0 Å². The van der Waals surface area contributed by atoms with E-state index in [2.05, 4.69) is 82.1 Å². The van der Waals surface area contributed by atoms with Crippen LogP contribution in [0, 0.1) is 0 Å². The quantitative estimate of drug-likeness (QED) is 0.113. The molecule has 0 spiro atoms. The minimum Gasteiger partial charge on any atom is -0.128 e. The lowest BCUT2D eigenvalue weighted by Crippen LogP contribution is -1.88. The van der Waals surface area contributed by atoms with Crippen molar-refractivity contribution in [3.63, 3.8) is 0 Å². The summed E-state index contributed by atoms with van der Waals surface area (Å²) in [5, 5.41) is 2.80. The highest BCUT2D eigenvalue weighted by atomic mass is 79.9. The number of hydrogen-bond donors (Lipinski definition) is 0. The molecule has 0 unspecified atom stereocenters. The Hall–Kier alpha value is -0.680.